The first-order chi connectivity index (χ1) is 7.18. The zero-order valence-electron chi connectivity index (χ0n) is 9.70. The van der Waals surface area contributed by atoms with Gasteiger partial charge in [0.25, 0.3) is 0 Å². The molecule has 2 fully saturated rings. The average Bonchev–Trinajstić information content (AvgIpc) is 2.27. The maximum Gasteiger partial charge on any atom is 0.225 e. The number of carbonyl (C=O) groups is 1. The van der Waals surface area contributed by atoms with Crippen molar-refractivity contribution in [1.82, 2.24) is 15.1 Å². The quantitative estimate of drug-likeness (QED) is 0.650. The van der Waals surface area contributed by atoms with Gasteiger partial charge in [-0.05, 0) is 0 Å². The molecule has 0 bridgehead atoms. The Morgan fingerprint density at radius 1 is 1.33 bits per heavy atom. The van der Waals surface area contributed by atoms with E-state index < -0.39 is 0 Å². The molecule has 0 aromatic rings. The Morgan fingerprint density at radius 2 is 2.13 bits per heavy atom. The first kappa shape index (κ1) is 10.9. The summed E-state index contributed by atoms with van der Waals surface area (Å²) in [6.07, 6.45) is 0. The monoisotopic (exact) mass is 211 g/mol. The molecule has 0 spiro atoms. The average molecular weight is 211 g/mol. The van der Waals surface area contributed by atoms with Crippen molar-refractivity contribution in [2.75, 3.05) is 39.3 Å². The number of carbonyl (C=O) groups excluding carboxylic acids is 1. The van der Waals surface area contributed by atoms with Gasteiger partial charge in [-0.25, -0.2) is 0 Å². The number of amides is 1. The maximum absolute atomic E-state index is 11.9. The van der Waals surface area contributed by atoms with Gasteiger partial charge in [-0.3, -0.25) is 9.69 Å². The van der Waals surface area contributed by atoms with Crippen LogP contribution in [0, 0.1) is 5.92 Å². The molecule has 0 radical (unpaired) electrons. The summed E-state index contributed by atoms with van der Waals surface area (Å²) in [5, 5.41) is 3.39. The Kier molecular flexibility index (Phi) is 3.26. The van der Waals surface area contributed by atoms with Crippen LogP contribution in [0.15, 0.2) is 0 Å². The molecule has 2 aliphatic rings. The SMILES string of the molecule is CC(C)C(=O)N1CCN2CCNCC2C1. The van der Waals surface area contributed by atoms with Gasteiger partial charge < -0.3 is 10.2 Å². The van der Waals surface area contributed by atoms with Crippen LogP contribution in [0.25, 0.3) is 0 Å². The lowest BCUT2D eigenvalue weighted by molar-refractivity contribution is -0.137. The Balaban J connectivity index is 1.93. The zero-order valence-corrected chi connectivity index (χ0v) is 9.70. The minimum atomic E-state index is 0.132. The van der Waals surface area contributed by atoms with Crippen LogP contribution in [0.2, 0.25) is 0 Å². The van der Waals surface area contributed by atoms with Gasteiger partial charge in [0.05, 0.1) is 0 Å². The summed E-state index contributed by atoms with van der Waals surface area (Å²) in [6.45, 7) is 10.1. The Labute approximate surface area is 91.6 Å². The lowest BCUT2D eigenvalue weighted by Gasteiger charge is -2.44. The standard InChI is InChI=1S/C11H21N3O/c1-9(2)11(15)14-6-5-13-4-3-12-7-10(13)8-14/h9-10,12H,3-8H2,1-2H3. The molecule has 1 atom stereocenters. The lowest BCUT2D eigenvalue weighted by atomic mass is 10.1. The molecule has 2 rings (SSSR count). The van der Waals surface area contributed by atoms with E-state index in [9.17, 15) is 4.79 Å². The number of piperazine rings is 2. The fourth-order valence-corrected chi connectivity index (χ4v) is 2.44. The number of fused-ring (bicyclic) bond motifs is 1. The van der Waals surface area contributed by atoms with Gasteiger partial charge in [-0.15, -0.1) is 0 Å². The predicted molar refractivity (Wildman–Crippen MR) is 59.6 cm³/mol. The van der Waals surface area contributed by atoms with Crippen LogP contribution in [-0.2, 0) is 4.79 Å². The van der Waals surface area contributed by atoms with Crippen LogP contribution < -0.4 is 5.32 Å². The number of hydrogen-bond acceptors (Lipinski definition) is 3. The Morgan fingerprint density at radius 3 is 2.87 bits per heavy atom. The molecule has 2 heterocycles. The van der Waals surface area contributed by atoms with Crippen LogP contribution in [0.3, 0.4) is 0 Å². The molecule has 0 aromatic carbocycles. The topological polar surface area (TPSA) is 35.6 Å². The summed E-state index contributed by atoms with van der Waals surface area (Å²) in [6, 6.07) is 0.537. The summed E-state index contributed by atoms with van der Waals surface area (Å²) >= 11 is 0. The van der Waals surface area contributed by atoms with Gasteiger partial charge in [-0.2, -0.15) is 0 Å². The number of hydrogen-bond donors (Lipinski definition) is 1. The molecule has 0 aliphatic carbocycles. The molecule has 1 N–H and O–H groups in total. The van der Waals surface area contributed by atoms with E-state index in [1.54, 1.807) is 0 Å². The van der Waals surface area contributed by atoms with Gasteiger partial charge in [0.15, 0.2) is 0 Å². The zero-order chi connectivity index (χ0) is 10.8. The van der Waals surface area contributed by atoms with E-state index >= 15 is 0 Å². The third kappa shape index (κ3) is 2.32. The predicted octanol–water partition coefficient (Wildman–Crippen LogP) is -0.242. The minimum Gasteiger partial charge on any atom is -0.340 e. The van der Waals surface area contributed by atoms with Gasteiger partial charge in [0.1, 0.15) is 0 Å². The second-order valence-electron chi connectivity index (χ2n) is 4.83. The van der Waals surface area contributed by atoms with Gasteiger partial charge in [0.2, 0.25) is 5.91 Å². The van der Waals surface area contributed by atoms with E-state index in [4.69, 9.17) is 0 Å². The van der Waals surface area contributed by atoms with Crippen molar-refractivity contribution in [3.63, 3.8) is 0 Å². The third-order valence-corrected chi connectivity index (χ3v) is 3.37. The van der Waals surface area contributed by atoms with Crippen molar-refractivity contribution in [3.05, 3.63) is 0 Å². The molecule has 1 amide bonds. The van der Waals surface area contributed by atoms with E-state index in [1.807, 2.05) is 18.7 Å². The van der Waals surface area contributed by atoms with E-state index in [0.29, 0.717) is 11.9 Å². The van der Waals surface area contributed by atoms with E-state index in [0.717, 1.165) is 39.3 Å². The first-order valence-electron chi connectivity index (χ1n) is 5.92. The highest BCUT2D eigenvalue weighted by atomic mass is 16.2. The van der Waals surface area contributed by atoms with Crippen molar-refractivity contribution in [1.29, 1.82) is 0 Å². The van der Waals surface area contributed by atoms with E-state index in [2.05, 4.69) is 10.2 Å². The largest absolute Gasteiger partial charge is 0.340 e. The smallest absolute Gasteiger partial charge is 0.225 e. The molecule has 4 nitrogen and oxygen atoms in total. The van der Waals surface area contributed by atoms with Crippen molar-refractivity contribution in [2.45, 2.75) is 19.9 Å². The van der Waals surface area contributed by atoms with E-state index in [-0.39, 0.29) is 5.92 Å². The minimum absolute atomic E-state index is 0.132. The van der Waals surface area contributed by atoms with E-state index in [1.165, 1.54) is 0 Å². The van der Waals surface area contributed by atoms with Crippen LogP contribution in [0.1, 0.15) is 13.8 Å². The van der Waals surface area contributed by atoms with Gasteiger partial charge in [-0.1, -0.05) is 13.8 Å². The molecule has 15 heavy (non-hydrogen) atoms. The van der Waals surface area contributed by atoms with Crippen LogP contribution in [0.5, 0.6) is 0 Å². The second kappa shape index (κ2) is 4.49. The molecular formula is C11H21N3O. The summed E-state index contributed by atoms with van der Waals surface area (Å²) in [7, 11) is 0. The molecule has 0 aromatic heterocycles. The van der Waals surface area contributed by atoms with Crippen molar-refractivity contribution >= 4 is 5.91 Å². The van der Waals surface area contributed by atoms with Gasteiger partial charge >= 0.3 is 0 Å². The summed E-state index contributed by atoms with van der Waals surface area (Å²) in [5.74, 6) is 0.438. The first-order valence-corrected chi connectivity index (χ1v) is 5.92. The highest BCUT2D eigenvalue weighted by Crippen LogP contribution is 2.13. The number of rotatable bonds is 1. The number of nitrogens with zero attached hydrogens (tertiary/aromatic N) is 2. The lowest BCUT2D eigenvalue weighted by Crippen LogP contribution is -2.62. The number of nitrogens with one attached hydrogen (secondary N) is 1. The summed E-state index contributed by atoms with van der Waals surface area (Å²) < 4.78 is 0. The highest BCUT2D eigenvalue weighted by molar-refractivity contribution is 5.78. The highest BCUT2D eigenvalue weighted by Gasteiger charge is 2.31. The molecular weight excluding hydrogens is 190 g/mol. The van der Waals surface area contributed by atoms with Crippen molar-refractivity contribution in [3.8, 4) is 0 Å². The molecule has 2 aliphatic heterocycles. The van der Waals surface area contributed by atoms with Gasteiger partial charge in [0, 0.05) is 51.2 Å². The van der Waals surface area contributed by atoms with Crippen molar-refractivity contribution in [2.24, 2.45) is 5.92 Å². The molecule has 1 unspecified atom stereocenters. The molecule has 2 saturated heterocycles. The second-order valence-corrected chi connectivity index (χ2v) is 4.83. The van der Waals surface area contributed by atoms with Crippen LogP contribution in [-0.4, -0.2) is 61.0 Å². The third-order valence-electron chi connectivity index (χ3n) is 3.37. The molecule has 86 valence electrons. The fraction of sp³-hybridized carbons (Fsp3) is 0.909. The normalized spacial score (nSPS) is 27.9. The van der Waals surface area contributed by atoms with Crippen LogP contribution >= 0.6 is 0 Å². The van der Waals surface area contributed by atoms with Crippen molar-refractivity contribution < 1.29 is 4.79 Å². The Bertz CT molecular complexity index is 242. The summed E-state index contributed by atoms with van der Waals surface area (Å²) in [4.78, 5) is 16.4. The summed E-state index contributed by atoms with van der Waals surface area (Å²) in [5.41, 5.74) is 0. The van der Waals surface area contributed by atoms with Crippen LogP contribution in [0.4, 0.5) is 0 Å². The fourth-order valence-electron chi connectivity index (χ4n) is 2.44. The molecule has 0 saturated carbocycles. The molecule has 4 heteroatoms. The Hall–Kier alpha value is -0.610. The maximum atomic E-state index is 11.9.